The van der Waals surface area contributed by atoms with Crippen molar-refractivity contribution in [2.24, 2.45) is 5.84 Å². The zero-order valence-electron chi connectivity index (χ0n) is 8.87. The van der Waals surface area contributed by atoms with Gasteiger partial charge >= 0.3 is 0 Å². The summed E-state index contributed by atoms with van der Waals surface area (Å²) in [6, 6.07) is 0. The fraction of sp³-hybridized carbons (Fsp3) is 0.333. The van der Waals surface area contributed by atoms with Crippen LogP contribution in [0.3, 0.4) is 0 Å². The van der Waals surface area contributed by atoms with Gasteiger partial charge in [0.1, 0.15) is 5.82 Å². The minimum atomic E-state index is 0.508. The molecule has 0 amide bonds. The van der Waals surface area contributed by atoms with E-state index in [9.17, 15) is 0 Å². The molecule has 6 heteroatoms. The third kappa shape index (κ3) is 1.59. The summed E-state index contributed by atoms with van der Waals surface area (Å²) in [5, 5.41) is 0. The van der Waals surface area contributed by atoms with E-state index in [1.54, 1.807) is 6.92 Å². The number of aryl methyl sites for hydroxylation is 3. The topological polar surface area (TPSA) is 89.6 Å². The SMILES string of the molecule is Cc1nc(NN)c2nc(C)c(C)nc2n1. The molecule has 0 bridgehead atoms. The fourth-order valence-corrected chi connectivity index (χ4v) is 1.32. The number of rotatable bonds is 1. The van der Waals surface area contributed by atoms with Crippen molar-refractivity contribution in [2.75, 3.05) is 5.43 Å². The number of aromatic nitrogens is 4. The van der Waals surface area contributed by atoms with Gasteiger partial charge < -0.3 is 5.43 Å². The Balaban J connectivity index is 2.84. The first-order chi connectivity index (χ1) is 7.11. The number of hydrazine groups is 1. The Hall–Kier alpha value is -1.82. The molecule has 0 atom stereocenters. The van der Waals surface area contributed by atoms with Gasteiger partial charge in [0.2, 0.25) is 0 Å². The monoisotopic (exact) mass is 204 g/mol. The van der Waals surface area contributed by atoms with E-state index < -0.39 is 0 Å². The third-order valence-corrected chi connectivity index (χ3v) is 2.19. The van der Waals surface area contributed by atoms with Crippen LogP contribution in [0.25, 0.3) is 11.2 Å². The van der Waals surface area contributed by atoms with Gasteiger partial charge in [0.25, 0.3) is 0 Å². The molecule has 0 aliphatic carbocycles. The lowest BCUT2D eigenvalue weighted by molar-refractivity contribution is 1.01. The molecule has 3 N–H and O–H groups in total. The summed E-state index contributed by atoms with van der Waals surface area (Å²) in [5.41, 5.74) is 5.39. The van der Waals surface area contributed by atoms with E-state index in [4.69, 9.17) is 5.84 Å². The number of fused-ring (bicyclic) bond motifs is 1. The first kappa shape index (κ1) is 9.72. The normalized spacial score (nSPS) is 10.7. The van der Waals surface area contributed by atoms with Crippen LogP contribution in [-0.4, -0.2) is 19.9 Å². The average Bonchev–Trinajstić information content (AvgIpc) is 2.19. The zero-order valence-corrected chi connectivity index (χ0v) is 8.87. The molecule has 2 heterocycles. The summed E-state index contributed by atoms with van der Waals surface area (Å²) >= 11 is 0. The molecule has 0 aliphatic rings. The van der Waals surface area contributed by atoms with Gasteiger partial charge in [-0.1, -0.05) is 0 Å². The van der Waals surface area contributed by atoms with E-state index in [0.717, 1.165) is 11.4 Å². The van der Waals surface area contributed by atoms with Gasteiger partial charge in [0.05, 0.1) is 11.4 Å². The summed E-state index contributed by atoms with van der Waals surface area (Å²) < 4.78 is 0. The average molecular weight is 204 g/mol. The van der Waals surface area contributed by atoms with Gasteiger partial charge in [-0.3, -0.25) is 0 Å². The molecule has 6 nitrogen and oxygen atoms in total. The predicted molar refractivity (Wildman–Crippen MR) is 57.1 cm³/mol. The van der Waals surface area contributed by atoms with Crippen molar-refractivity contribution in [2.45, 2.75) is 20.8 Å². The molecule has 15 heavy (non-hydrogen) atoms. The molecule has 0 spiro atoms. The molecule has 0 aliphatic heterocycles. The second kappa shape index (κ2) is 3.39. The van der Waals surface area contributed by atoms with Crippen LogP contribution < -0.4 is 11.3 Å². The van der Waals surface area contributed by atoms with E-state index in [2.05, 4.69) is 25.4 Å². The molecule has 0 radical (unpaired) electrons. The highest BCUT2D eigenvalue weighted by atomic mass is 15.3. The van der Waals surface area contributed by atoms with Gasteiger partial charge in [0, 0.05) is 0 Å². The maximum Gasteiger partial charge on any atom is 0.184 e. The lowest BCUT2D eigenvalue weighted by Crippen LogP contribution is -2.12. The summed E-state index contributed by atoms with van der Waals surface area (Å²) in [5.74, 6) is 6.49. The van der Waals surface area contributed by atoms with E-state index in [1.165, 1.54) is 0 Å². The number of nitrogens with two attached hydrogens (primary N) is 1. The molecule has 0 saturated heterocycles. The van der Waals surface area contributed by atoms with Crippen molar-refractivity contribution >= 4 is 17.0 Å². The number of anilines is 1. The minimum absolute atomic E-state index is 0.508. The Bertz CT molecular complexity index is 521. The van der Waals surface area contributed by atoms with E-state index >= 15 is 0 Å². The molecule has 2 aromatic heterocycles. The van der Waals surface area contributed by atoms with E-state index in [-0.39, 0.29) is 0 Å². The highest BCUT2D eigenvalue weighted by Crippen LogP contribution is 2.16. The Morgan fingerprint density at radius 1 is 0.933 bits per heavy atom. The van der Waals surface area contributed by atoms with Crippen molar-refractivity contribution in [3.63, 3.8) is 0 Å². The van der Waals surface area contributed by atoms with E-state index in [0.29, 0.717) is 22.8 Å². The van der Waals surface area contributed by atoms with Crippen molar-refractivity contribution in [1.82, 2.24) is 19.9 Å². The lowest BCUT2D eigenvalue weighted by atomic mass is 10.3. The van der Waals surface area contributed by atoms with Crippen LogP contribution in [-0.2, 0) is 0 Å². The molecule has 78 valence electrons. The van der Waals surface area contributed by atoms with Crippen molar-refractivity contribution in [3.8, 4) is 0 Å². The highest BCUT2D eigenvalue weighted by Gasteiger charge is 2.09. The molecule has 0 fully saturated rings. The first-order valence-electron chi connectivity index (χ1n) is 4.58. The third-order valence-electron chi connectivity index (χ3n) is 2.19. The molecule has 2 aromatic rings. The van der Waals surface area contributed by atoms with Gasteiger partial charge in [0.15, 0.2) is 17.0 Å². The fourth-order valence-electron chi connectivity index (χ4n) is 1.32. The number of nitrogens with one attached hydrogen (secondary N) is 1. The van der Waals surface area contributed by atoms with Crippen LogP contribution >= 0.6 is 0 Å². The van der Waals surface area contributed by atoms with Crippen molar-refractivity contribution < 1.29 is 0 Å². The van der Waals surface area contributed by atoms with Crippen LogP contribution in [0.4, 0.5) is 5.82 Å². The molecule has 2 rings (SSSR count). The summed E-state index contributed by atoms with van der Waals surface area (Å²) in [6.07, 6.45) is 0. The smallest absolute Gasteiger partial charge is 0.184 e. The molecule has 0 unspecified atom stereocenters. The largest absolute Gasteiger partial charge is 0.306 e. The highest BCUT2D eigenvalue weighted by molar-refractivity contribution is 5.82. The van der Waals surface area contributed by atoms with Gasteiger partial charge in [-0.15, -0.1) is 0 Å². The van der Waals surface area contributed by atoms with Crippen LogP contribution in [0.5, 0.6) is 0 Å². The second-order valence-corrected chi connectivity index (χ2v) is 3.33. The van der Waals surface area contributed by atoms with Gasteiger partial charge in [-0.05, 0) is 20.8 Å². The maximum absolute atomic E-state index is 5.36. The first-order valence-corrected chi connectivity index (χ1v) is 4.58. The summed E-state index contributed by atoms with van der Waals surface area (Å²) in [4.78, 5) is 17.0. The van der Waals surface area contributed by atoms with Crippen molar-refractivity contribution in [1.29, 1.82) is 0 Å². The van der Waals surface area contributed by atoms with Crippen molar-refractivity contribution in [3.05, 3.63) is 17.2 Å². The van der Waals surface area contributed by atoms with Gasteiger partial charge in [-0.25, -0.2) is 25.8 Å². The number of hydrogen-bond acceptors (Lipinski definition) is 6. The van der Waals surface area contributed by atoms with Crippen LogP contribution in [0.1, 0.15) is 17.2 Å². The molecule has 0 aromatic carbocycles. The molecular formula is C9H12N6. The number of nitrogens with zero attached hydrogens (tertiary/aromatic N) is 4. The number of nitrogen functional groups attached to an aromatic ring is 1. The maximum atomic E-state index is 5.36. The summed E-state index contributed by atoms with van der Waals surface area (Å²) in [7, 11) is 0. The van der Waals surface area contributed by atoms with E-state index in [1.807, 2.05) is 13.8 Å². The summed E-state index contributed by atoms with van der Waals surface area (Å²) in [6.45, 7) is 5.58. The number of hydrogen-bond donors (Lipinski definition) is 2. The Labute approximate surface area is 86.9 Å². The molecule has 0 saturated carbocycles. The Morgan fingerprint density at radius 3 is 2.27 bits per heavy atom. The molecular weight excluding hydrogens is 192 g/mol. The zero-order chi connectivity index (χ0) is 11.0. The second-order valence-electron chi connectivity index (χ2n) is 3.33. The van der Waals surface area contributed by atoms with Crippen LogP contribution in [0, 0.1) is 20.8 Å². The predicted octanol–water partition coefficient (Wildman–Crippen LogP) is 0.631. The lowest BCUT2D eigenvalue weighted by Gasteiger charge is -2.06. The Morgan fingerprint density at radius 2 is 1.60 bits per heavy atom. The van der Waals surface area contributed by atoms with Crippen LogP contribution in [0.15, 0.2) is 0 Å². The quantitative estimate of drug-likeness (QED) is 0.523. The standard InChI is InChI=1S/C9H12N6/c1-4-5(2)12-8-7(11-4)9(15-10)14-6(3)13-8/h10H2,1-3H3,(H,12,13,14,15). The van der Waals surface area contributed by atoms with Crippen LogP contribution in [0.2, 0.25) is 0 Å². The Kier molecular flexibility index (Phi) is 2.20. The minimum Gasteiger partial charge on any atom is -0.306 e. The van der Waals surface area contributed by atoms with Gasteiger partial charge in [-0.2, -0.15) is 0 Å².